The van der Waals surface area contributed by atoms with Crippen molar-refractivity contribution < 1.29 is 24.2 Å². The summed E-state index contributed by atoms with van der Waals surface area (Å²) < 4.78 is 5.21. The van der Waals surface area contributed by atoms with Gasteiger partial charge in [0.2, 0.25) is 11.8 Å². The first-order valence-corrected chi connectivity index (χ1v) is 7.70. The Balaban J connectivity index is 1.78. The summed E-state index contributed by atoms with van der Waals surface area (Å²) in [6, 6.07) is 5.26. The number of piperazine rings is 2. The second-order valence-corrected chi connectivity index (χ2v) is 5.74. The molecule has 1 aromatic carbocycles. The largest absolute Gasteiger partial charge is 0.496 e. The first kappa shape index (κ1) is 16.3. The van der Waals surface area contributed by atoms with E-state index in [1.165, 1.54) is 12.0 Å². The average Bonchev–Trinajstić information content (AvgIpc) is 2.63. The van der Waals surface area contributed by atoms with E-state index in [2.05, 4.69) is 5.32 Å². The van der Waals surface area contributed by atoms with E-state index < -0.39 is 18.7 Å². The van der Waals surface area contributed by atoms with Gasteiger partial charge in [-0.2, -0.15) is 0 Å². The van der Waals surface area contributed by atoms with Crippen LogP contribution in [0.5, 0.6) is 5.75 Å². The van der Waals surface area contributed by atoms with Crippen molar-refractivity contribution in [1.82, 2.24) is 15.1 Å². The molecule has 128 valence electrons. The van der Waals surface area contributed by atoms with E-state index >= 15 is 0 Å². The molecule has 0 saturated carbocycles. The van der Waals surface area contributed by atoms with E-state index in [1.54, 1.807) is 29.2 Å². The molecular weight excluding hydrogens is 314 g/mol. The number of nitrogens with zero attached hydrogens (tertiary/aromatic N) is 2. The number of nitrogens with one attached hydrogen (secondary N) is 1. The highest BCUT2D eigenvalue weighted by molar-refractivity contribution is 6.00. The number of rotatable bonds is 3. The fourth-order valence-corrected chi connectivity index (χ4v) is 3.10. The highest BCUT2D eigenvalue weighted by Crippen LogP contribution is 2.22. The molecule has 1 aromatic rings. The number of aliphatic hydroxyl groups is 1. The van der Waals surface area contributed by atoms with Crippen molar-refractivity contribution in [2.24, 2.45) is 0 Å². The van der Waals surface area contributed by atoms with Crippen LogP contribution in [0.2, 0.25) is 0 Å². The molecule has 8 nitrogen and oxygen atoms in total. The summed E-state index contributed by atoms with van der Waals surface area (Å²) in [5.41, 5.74) is 0.421. The zero-order valence-corrected chi connectivity index (χ0v) is 13.3. The molecule has 2 saturated heterocycles. The SMILES string of the molecule is COc1ccccc1C(=O)N1CCN2C(=O)[C@H](CO)NC(=O)[C@H]2C1. The highest BCUT2D eigenvalue weighted by Gasteiger charge is 2.44. The van der Waals surface area contributed by atoms with Crippen LogP contribution >= 0.6 is 0 Å². The summed E-state index contributed by atoms with van der Waals surface area (Å²) in [7, 11) is 1.49. The Bertz CT molecular complexity index is 677. The van der Waals surface area contributed by atoms with Gasteiger partial charge in [0.05, 0.1) is 25.8 Å². The first-order valence-electron chi connectivity index (χ1n) is 7.70. The number of methoxy groups -OCH3 is 1. The lowest BCUT2D eigenvalue weighted by Gasteiger charge is -2.44. The lowest BCUT2D eigenvalue weighted by Crippen LogP contribution is -2.70. The Hall–Kier alpha value is -2.61. The van der Waals surface area contributed by atoms with Crippen LogP contribution in [-0.2, 0) is 9.59 Å². The topological polar surface area (TPSA) is 99.2 Å². The number of carbonyl (C=O) groups excluding carboxylic acids is 3. The van der Waals surface area contributed by atoms with Gasteiger partial charge in [0.15, 0.2) is 0 Å². The Morgan fingerprint density at radius 1 is 1.33 bits per heavy atom. The summed E-state index contributed by atoms with van der Waals surface area (Å²) >= 11 is 0. The maximum absolute atomic E-state index is 12.7. The van der Waals surface area contributed by atoms with Gasteiger partial charge in [0.25, 0.3) is 5.91 Å². The molecule has 0 spiro atoms. The van der Waals surface area contributed by atoms with E-state index in [4.69, 9.17) is 4.74 Å². The summed E-state index contributed by atoms with van der Waals surface area (Å²) in [6.45, 7) is 0.267. The van der Waals surface area contributed by atoms with Crippen LogP contribution in [0.4, 0.5) is 0 Å². The number of fused-ring (bicyclic) bond motifs is 1. The minimum atomic E-state index is -0.898. The van der Waals surface area contributed by atoms with Crippen LogP contribution in [0, 0.1) is 0 Å². The van der Waals surface area contributed by atoms with E-state index in [1.807, 2.05) is 0 Å². The van der Waals surface area contributed by atoms with Gasteiger partial charge in [-0.15, -0.1) is 0 Å². The number of hydrogen-bond donors (Lipinski definition) is 2. The van der Waals surface area contributed by atoms with Crippen LogP contribution in [0.3, 0.4) is 0 Å². The summed E-state index contributed by atoms with van der Waals surface area (Å²) in [5, 5.41) is 11.7. The van der Waals surface area contributed by atoms with Crippen LogP contribution in [0.15, 0.2) is 24.3 Å². The number of hydrogen-bond acceptors (Lipinski definition) is 5. The zero-order chi connectivity index (χ0) is 17.3. The van der Waals surface area contributed by atoms with Gasteiger partial charge in [0, 0.05) is 13.1 Å². The predicted octanol–water partition coefficient (Wildman–Crippen LogP) is -1.16. The number of benzene rings is 1. The number of aliphatic hydroxyl groups excluding tert-OH is 1. The molecule has 0 unspecified atom stereocenters. The van der Waals surface area contributed by atoms with Crippen LogP contribution in [-0.4, -0.2) is 78.1 Å². The maximum Gasteiger partial charge on any atom is 0.257 e. The second-order valence-electron chi connectivity index (χ2n) is 5.74. The number of carbonyl (C=O) groups is 3. The minimum absolute atomic E-state index is 0.118. The Morgan fingerprint density at radius 3 is 2.79 bits per heavy atom. The number of para-hydroxylation sites is 1. The van der Waals surface area contributed by atoms with Crippen molar-refractivity contribution >= 4 is 17.7 Å². The molecule has 2 fully saturated rings. The van der Waals surface area contributed by atoms with E-state index in [9.17, 15) is 19.5 Å². The van der Waals surface area contributed by atoms with Crippen molar-refractivity contribution in [3.8, 4) is 5.75 Å². The molecule has 8 heteroatoms. The molecule has 0 aromatic heterocycles. The molecule has 0 bridgehead atoms. The molecule has 2 atom stereocenters. The summed E-state index contributed by atoms with van der Waals surface area (Å²) in [6.07, 6.45) is 0. The van der Waals surface area contributed by atoms with Gasteiger partial charge < -0.3 is 25.0 Å². The van der Waals surface area contributed by atoms with Crippen molar-refractivity contribution in [2.45, 2.75) is 12.1 Å². The standard InChI is InChI=1S/C16H19N3O5/c1-24-13-5-3-2-4-10(13)15(22)18-6-7-19-12(8-18)14(21)17-11(9-20)16(19)23/h2-5,11-12,20H,6-9H2,1H3,(H,17,21)/t11-,12+/m0/s1. The molecule has 2 aliphatic rings. The summed E-state index contributed by atoms with van der Waals surface area (Å²) in [4.78, 5) is 40.1. The second kappa shape index (κ2) is 6.48. The number of ether oxygens (including phenoxy) is 1. The molecule has 2 aliphatic heterocycles. The molecule has 3 rings (SSSR count). The van der Waals surface area contributed by atoms with Crippen molar-refractivity contribution in [3.63, 3.8) is 0 Å². The average molecular weight is 333 g/mol. The van der Waals surface area contributed by atoms with Crippen LogP contribution in [0.25, 0.3) is 0 Å². The molecule has 24 heavy (non-hydrogen) atoms. The molecular formula is C16H19N3O5. The highest BCUT2D eigenvalue weighted by atomic mass is 16.5. The molecule has 2 heterocycles. The van der Waals surface area contributed by atoms with Crippen LogP contribution in [0.1, 0.15) is 10.4 Å². The fraction of sp³-hybridized carbons (Fsp3) is 0.438. The molecule has 2 N–H and O–H groups in total. The van der Waals surface area contributed by atoms with Gasteiger partial charge in [-0.05, 0) is 12.1 Å². The van der Waals surface area contributed by atoms with Crippen molar-refractivity contribution in [1.29, 1.82) is 0 Å². The normalized spacial score (nSPS) is 23.6. The smallest absolute Gasteiger partial charge is 0.257 e. The minimum Gasteiger partial charge on any atom is -0.496 e. The zero-order valence-electron chi connectivity index (χ0n) is 13.3. The monoisotopic (exact) mass is 333 g/mol. The van der Waals surface area contributed by atoms with Crippen molar-refractivity contribution in [3.05, 3.63) is 29.8 Å². The Kier molecular flexibility index (Phi) is 4.39. The van der Waals surface area contributed by atoms with E-state index in [0.717, 1.165) is 0 Å². The summed E-state index contributed by atoms with van der Waals surface area (Å²) in [5.74, 6) is -0.441. The predicted molar refractivity (Wildman–Crippen MR) is 83.4 cm³/mol. The third-order valence-corrected chi connectivity index (χ3v) is 4.39. The van der Waals surface area contributed by atoms with Crippen LogP contribution < -0.4 is 10.1 Å². The Morgan fingerprint density at radius 2 is 2.08 bits per heavy atom. The molecule has 0 radical (unpaired) electrons. The third kappa shape index (κ3) is 2.69. The first-order chi connectivity index (χ1) is 11.6. The lowest BCUT2D eigenvalue weighted by molar-refractivity contribution is -0.153. The van der Waals surface area contributed by atoms with Gasteiger partial charge in [-0.25, -0.2) is 0 Å². The number of amides is 3. The van der Waals surface area contributed by atoms with Gasteiger partial charge >= 0.3 is 0 Å². The van der Waals surface area contributed by atoms with E-state index in [0.29, 0.717) is 17.9 Å². The third-order valence-electron chi connectivity index (χ3n) is 4.39. The van der Waals surface area contributed by atoms with Gasteiger partial charge in [-0.3, -0.25) is 14.4 Å². The van der Waals surface area contributed by atoms with E-state index in [-0.39, 0.29) is 30.8 Å². The molecule has 0 aliphatic carbocycles. The van der Waals surface area contributed by atoms with Gasteiger partial charge in [0.1, 0.15) is 17.8 Å². The van der Waals surface area contributed by atoms with Crippen molar-refractivity contribution in [2.75, 3.05) is 33.4 Å². The maximum atomic E-state index is 12.7. The fourth-order valence-electron chi connectivity index (χ4n) is 3.10. The molecule has 3 amide bonds. The van der Waals surface area contributed by atoms with Gasteiger partial charge in [-0.1, -0.05) is 12.1 Å². The quantitative estimate of drug-likeness (QED) is 0.727. The Labute approximate surface area is 139 Å². The lowest BCUT2D eigenvalue weighted by atomic mass is 10.0.